The van der Waals surface area contributed by atoms with Gasteiger partial charge in [-0.1, -0.05) is 65.0 Å². The van der Waals surface area contributed by atoms with Crippen LogP contribution < -0.4 is 5.32 Å². The van der Waals surface area contributed by atoms with Crippen molar-refractivity contribution in [3.63, 3.8) is 0 Å². The first-order chi connectivity index (χ1) is 24.5. The maximum absolute atomic E-state index is 13.5. The molecule has 3 N–H and O–H groups in total. The third-order valence-electron chi connectivity index (χ3n) is 10.8. The number of hydrogen-bond acceptors (Lipinski definition) is 6. The zero-order chi connectivity index (χ0) is 36.2. The van der Waals surface area contributed by atoms with E-state index in [0.29, 0.717) is 12.5 Å². The van der Waals surface area contributed by atoms with E-state index in [-0.39, 0.29) is 35.7 Å². The van der Waals surface area contributed by atoms with Gasteiger partial charge >= 0.3 is 6.09 Å². The molecular weight excluding hydrogens is 642 g/mol. The summed E-state index contributed by atoms with van der Waals surface area (Å²) in [5, 5.41) is 2.71. The molecule has 2 fully saturated rings. The molecule has 0 bridgehead atoms. The van der Waals surface area contributed by atoms with Crippen LogP contribution in [0.25, 0.3) is 22.3 Å². The summed E-state index contributed by atoms with van der Waals surface area (Å²) >= 11 is 0. The number of hydrogen-bond donors (Lipinski definition) is 3. The van der Waals surface area contributed by atoms with E-state index in [1.165, 1.54) is 18.2 Å². The number of rotatable bonds is 12. The third-order valence-corrected chi connectivity index (χ3v) is 10.8. The average molecular weight is 696 g/mol. The Hall–Kier alpha value is -4.67. The number of H-pyrrole nitrogens is 2. The van der Waals surface area contributed by atoms with Gasteiger partial charge < -0.3 is 29.8 Å². The molecule has 2 saturated heterocycles. The SMILES string of the molecule is COC(=O)N[C@H](C(=O)N1CCC[C@H]1c1nc2cc(CCCc3ccc(-c4cnc([C@@H]5CCCN5C(=O)[C@@H](C)C(C)C)[nH]4)cc3)ccc2[nH]1)C(C)C. The van der Waals surface area contributed by atoms with Crippen LogP contribution in [0.4, 0.5) is 4.79 Å². The summed E-state index contributed by atoms with van der Waals surface area (Å²) in [6.45, 7) is 11.5. The van der Waals surface area contributed by atoms with E-state index in [1.807, 2.05) is 36.8 Å². The first-order valence-corrected chi connectivity index (χ1v) is 18.6. The molecule has 4 aromatic rings. The van der Waals surface area contributed by atoms with Crippen molar-refractivity contribution in [2.45, 2.75) is 97.7 Å². The molecule has 2 aliphatic heterocycles. The Bertz CT molecular complexity index is 1830. The summed E-state index contributed by atoms with van der Waals surface area (Å²) < 4.78 is 4.76. The van der Waals surface area contributed by atoms with Gasteiger partial charge in [-0.25, -0.2) is 14.8 Å². The topological polar surface area (TPSA) is 136 Å². The second-order valence-corrected chi connectivity index (χ2v) is 15.0. The lowest BCUT2D eigenvalue weighted by molar-refractivity contribution is -0.137. The zero-order valence-corrected chi connectivity index (χ0v) is 30.9. The highest BCUT2D eigenvalue weighted by molar-refractivity contribution is 5.86. The van der Waals surface area contributed by atoms with E-state index in [9.17, 15) is 14.4 Å². The zero-order valence-electron chi connectivity index (χ0n) is 30.9. The number of nitrogens with zero attached hydrogens (tertiary/aromatic N) is 4. The number of alkyl carbamates (subject to hydrolysis) is 1. The lowest BCUT2D eigenvalue weighted by Gasteiger charge is -2.29. The van der Waals surface area contributed by atoms with Gasteiger partial charge in [0.2, 0.25) is 11.8 Å². The van der Waals surface area contributed by atoms with Crippen molar-refractivity contribution in [1.29, 1.82) is 0 Å². The molecule has 0 unspecified atom stereocenters. The van der Waals surface area contributed by atoms with Gasteiger partial charge in [-0.2, -0.15) is 0 Å². The molecule has 272 valence electrons. The lowest BCUT2D eigenvalue weighted by Crippen LogP contribution is -2.51. The number of ether oxygens (including phenoxy) is 1. The predicted octanol–water partition coefficient (Wildman–Crippen LogP) is 7.13. The summed E-state index contributed by atoms with van der Waals surface area (Å²) in [6.07, 6.45) is 7.82. The molecule has 2 aromatic heterocycles. The number of methoxy groups -OCH3 is 1. The van der Waals surface area contributed by atoms with Crippen LogP contribution in [0.1, 0.15) is 102 Å². The predicted molar refractivity (Wildman–Crippen MR) is 198 cm³/mol. The van der Waals surface area contributed by atoms with Crippen LogP contribution in [-0.4, -0.2) is 73.9 Å². The van der Waals surface area contributed by atoms with Crippen LogP contribution in [-0.2, 0) is 27.2 Å². The Morgan fingerprint density at radius 2 is 1.49 bits per heavy atom. The van der Waals surface area contributed by atoms with E-state index in [4.69, 9.17) is 14.7 Å². The fourth-order valence-electron chi connectivity index (χ4n) is 7.44. The number of fused-ring (bicyclic) bond motifs is 1. The van der Waals surface area contributed by atoms with E-state index in [2.05, 4.69) is 71.6 Å². The van der Waals surface area contributed by atoms with Gasteiger partial charge in [0.15, 0.2) is 0 Å². The van der Waals surface area contributed by atoms with Crippen molar-refractivity contribution < 1.29 is 19.1 Å². The van der Waals surface area contributed by atoms with Crippen molar-refractivity contribution in [3.8, 4) is 11.3 Å². The Balaban J connectivity index is 1.04. The summed E-state index contributed by atoms with van der Waals surface area (Å²) in [5.41, 5.74) is 6.43. The van der Waals surface area contributed by atoms with Gasteiger partial charge in [0.05, 0.1) is 42.1 Å². The molecular formula is C40H53N7O4. The fraction of sp³-hybridized carbons (Fsp3) is 0.525. The second-order valence-electron chi connectivity index (χ2n) is 15.0. The van der Waals surface area contributed by atoms with Crippen LogP contribution in [0.5, 0.6) is 0 Å². The number of aromatic nitrogens is 4. The third kappa shape index (κ3) is 7.97. The molecule has 11 heteroatoms. The smallest absolute Gasteiger partial charge is 0.407 e. The normalized spacial score (nSPS) is 18.9. The van der Waals surface area contributed by atoms with Gasteiger partial charge in [0, 0.05) is 19.0 Å². The minimum Gasteiger partial charge on any atom is -0.453 e. The van der Waals surface area contributed by atoms with Crippen LogP contribution in [0, 0.1) is 17.8 Å². The van der Waals surface area contributed by atoms with Crippen LogP contribution in [0.2, 0.25) is 0 Å². The molecule has 6 rings (SSSR count). The molecule has 2 aromatic carbocycles. The largest absolute Gasteiger partial charge is 0.453 e. The molecule has 51 heavy (non-hydrogen) atoms. The van der Waals surface area contributed by atoms with Crippen molar-refractivity contribution >= 4 is 28.9 Å². The maximum Gasteiger partial charge on any atom is 0.407 e. The Morgan fingerprint density at radius 1 is 0.843 bits per heavy atom. The van der Waals surface area contributed by atoms with Crippen LogP contribution in [0.15, 0.2) is 48.7 Å². The van der Waals surface area contributed by atoms with Gasteiger partial charge in [-0.3, -0.25) is 9.59 Å². The van der Waals surface area contributed by atoms with Crippen molar-refractivity contribution in [1.82, 2.24) is 35.1 Å². The minimum atomic E-state index is -0.659. The highest BCUT2D eigenvalue weighted by Crippen LogP contribution is 2.35. The van der Waals surface area contributed by atoms with E-state index >= 15 is 0 Å². The molecule has 0 saturated carbocycles. The molecule has 0 radical (unpaired) electrons. The number of carbonyl (C=O) groups is 3. The lowest BCUT2D eigenvalue weighted by atomic mass is 9.96. The van der Waals surface area contributed by atoms with Crippen LogP contribution in [0.3, 0.4) is 0 Å². The van der Waals surface area contributed by atoms with Crippen LogP contribution >= 0.6 is 0 Å². The molecule has 2 aliphatic rings. The quantitative estimate of drug-likeness (QED) is 0.144. The first kappa shape index (κ1) is 36.1. The standard InChI is InChI=1S/C40H53N7O4/c1-24(2)26(5)38(48)46-20-8-12-33(46)36-41-23-32(44-36)29-17-14-27(15-18-29)10-7-11-28-16-19-30-31(22-28)43-37(42-30)34-13-9-21-47(34)39(49)35(25(3)4)45-40(50)51-6/h14-19,22-26,33-35H,7-13,20-21H2,1-6H3,(H,41,44)(H,42,43)(H,45,50)/t26-,33-,34-,35-/m0/s1. The number of imidazole rings is 2. The Labute approximate surface area is 300 Å². The second kappa shape index (κ2) is 15.7. The molecule has 11 nitrogen and oxygen atoms in total. The van der Waals surface area contributed by atoms with Crippen molar-refractivity contribution in [3.05, 3.63) is 71.4 Å². The summed E-state index contributed by atoms with van der Waals surface area (Å²) in [7, 11) is 1.30. The summed E-state index contributed by atoms with van der Waals surface area (Å²) in [5.74, 6) is 2.01. The molecule has 3 amide bonds. The maximum atomic E-state index is 13.5. The number of aromatic amines is 2. The number of benzene rings is 2. The number of nitrogens with one attached hydrogen (secondary N) is 3. The Morgan fingerprint density at radius 3 is 2.16 bits per heavy atom. The molecule has 0 spiro atoms. The number of likely N-dealkylation sites (tertiary alicyclic amines) is 2. The van der Waals surface area contributed by atoms with Crippen molar-refractivity contribution in [2.24, 2.45) is 17.8 Å². The number of amides is 3. The van der Waals surface area contributed by atoms with E-state index in [1.54, 1.807) is 0 Å². The average Bonchev–Trinajstić information content (AvgIpc) is 3.95. The summed E-state index contributed by atoms with van der Waals surface area (Å²) in [4.78, 5) is 59.1. The molecule has 4 heterocycles. The van der Waals surface area contributed by atoms with E-state index in [0.717, 1.165) is 85.4 Å². The first-order valence-electron chi connectivity index (χ1n) is 18.6. The summed E-state index contributed by atoms with van der Waals surface area (Å²) in [6, 6.07) is 14.2. The minimum absolute atomic E-state index is 0.00288. The van der Waals surface area contributed by atoms with Gasteiger partial charge in [-0.15, -0.1) is 0 Å². The highest BCUT2D eigenvalue weighted by atomic mass is 16.5. The van der Waals surface area contributed by atoms with E-state index < -0.39 is 12.1 Å². The monoisotopic (exact) mass is 695 g/mol. The number of carbonyl (C=O) groups excluding carboxylic acids is 3. The van der Waals surface area contributed by atoms with Crippen molar-refractivity contribution in [2.75, 3.05) is 20.2 Å². The van der Waals surface area contributed by atoms with Gasteiger partial charge in [-0.05, 0) is 85.6 Å². The molecule has 0 aliphatic carbocycles. The highest BCUT2D eigenvalue weighted by Gasteiger charge is 2.38. The van der Waals surface area contributed by atoms with Gasteiger partial charge in [0.1, 0.15) is 17.7 Å². The molecule has 4 atom stereocenters. The van der Waals surface area contributed by atoms with Gasteiger partial charge in [0.25, 0.3) is 0 Å². The fourth-order valence-corrected chi connectivity index (χ4v) is 7.44. The number of aryl methyl sites for hydroxylation is 2. The Kier molecular flexibility index (Phi) is 11.1.